The van der Waals surface area contributed by atoms with E-state index in [1.54, 1.807) is 19.5 Å². The molecule has 0 spiro atoms. The lowest BCUT2D eigenvalue weighted by Crippen LogP contribution is -1.95. The summed E-state index contributed by atoms with van der Waals surface area (Å²) >= 11 is 0. The highest BCUT2D eigenvalue weighted by Gasteiger charge is 2.10. The molecule has 0 saturated carbocycles. The molecule has 0 amide bonds. The van der Waals surface area contributed by atoms with Crippen molar-refractivity contribution in [3.8, 4) is 22.6 Å². The van der Waals surface area contributed by atoms with Gasteiger partial charge >= 0.3 is 0 Å². The fourth-order valence-corrected chi connectivity index (χ4v) is 1.74. The molecule has 0 bridgehead atoms. The highest BCUT2D eigenvalue weighted by Crippen LogP contribution is 2.35. The Morgan fingerprint density at radius 1 is 1.06 bits per heavy atom. The third-order valence-electron chi connectivity index (χ3n) is 2.48. The Bertz CT molecular complexity index is 497. The van der Waals surface area contributed by atoms with Crippen molar-refractivity contribution in [1.29, 1.82) is 0 Å². The van der Waals surface area contributed by atoms with Crippen LogP contribution in [0, 0.1) is 0 Å². The van der Waals surface area contributed by atoms with E-state index in [4.69, 9.17) is 9.47 Å². The van der Waals surface area contributed by atoms with E-state index in [1.807, 2.05) is 37.3 Å². The molecule has 17 heavy (non-hydrogen) atoms. The number of benzene rings is 1. The minimum absolute atomic E-state index is 0.643. The van der Waals surface area contributed by atoms with Gasteiger partial charge in [-0.2, -0.15) is 0 Å². The van der Waals surface area contributed by atoms with Crippen LogP contribution in [-0.4, -0.2) is 18.7 Å². The zero-order valence-electron chi connectivity index (χ0n) is 10.0. The number of para-hydroxylation sites is 1. The monoisotopic (exact) mass is 229 g/mol. The van der Waals surface area contributed by atoms with E-state index in [-0.39, 0.29) is 0 Å². The van der Waals surface area contributed by atoms with Crippen molar-refractivity contribution < 1.29 is 9.47 Å². The van der Waals surface area contributed by atoms with E-state index >= 15 is 0 Å². The molecule has 0 aliphatic carbocycles. The maximum atomic E-state index is 5.61. The Morgan fingerprint density at radius 3 is 2.59 bits per heavy atom. The van der Waals surface area contributed by atoms with Crippen molar-refractivity contribution in [3.05, 3.63) is 42.7 Å². The number of methoxy groups -OCH3 is 1. The summed E-state index contributed by atoms with van der Waals surface area (Å²) in [5.74, 6) is 1.61. The van der Waals surface area contributed by atoms with Crippen LogP contribution in [-0.2, 0) is 0 Å². The minimum atomic E-state index is 0.643. The quantitative estimate of drug-likeness (QED) is 0.807. The molecule has 1 aromatic heterocycles. The number of pyridine rings is 1. The summed E-state index contributed by atoms with van der Waals surface area (Å²) in [6.45, 7) is 2.62. The van der Waals surface area contributed by atoms with Crippen LogP contribution in [0.15, 0.2) is 42.7 Å². The molecule has 0 N–H and O–H groups in total. The maximum absolute atomic E-state index is 5.61. The van der Waals surface area contributed by atoms with Crippen LogP contribution >= 0.6 is 0 Å². The van der Waals surface area contributed by atoms with E-state index in [1.165, 1.54) is 0 Å². The fraction of sp³-hybridized carbons (Fsp3) is 0.214. The van der Waals surface area contributed by atoms with Crippen LogP contribution in [0.5, 0.6) is 11.5 Å². The van der Waals surface area contributed by atoms with Crippen LogP contribution in [0.1, 0.15) is 6.92 Å². The molecule has 3 heteroatoms. The molecule has 88 valence electrons. The largest absolute Gasteiger partial charge is 0.494 e. The van der Waals surface area contributed by atoms with Crippen molar-refractivity contribution in [2.24, 2.45) is 0 Å². The standard InChI is InChI=1S/C14H15NO2/c1-3-17-13-7-5-4-6-11(13)12-8-9-15-10-14(12)16-2/h4-10H,3H2,1-2H3. The first-order valence-electron chi connectivity index (χ1n) is 5.57. The van der Waals surface area contributed by atoms with E-state index in [9.17, 15) is 0 Å². The van der Waals surface area contributed by atoms with Gasteiger partial charge in [0.05, 0.1) is 19.9 Å². The van der Waals surface area contributed by atoms with Crippen molar-refractivity contribution in [3.63, 3.8) is 0 Å². The van der Waals surface area contributed by atoms with Gasteiger partial charge in [0.2, 0.25) is 0 Å². The summed E-state index contributed by atoms with van der Waals surface area (Å²) in [7, 11) is 1.64. The second-order valence-corrected chi connectivity index (χ2v) is 3.51. The summed E-state index contributed by atoms with van der Waals surface area (Å²) in [6, 6.07) is 9.85. The van der Waals surface area contributed by atoms with E-state index in [2.05, 4.69) is 4.98 Å². The van der Waals surface area contributed by atoms with E-state index < -0.39 is 0 Å². The number of hydrogen-bond acceptors (Lipinski definition) is 3. The smallest absolute Gasteiger partial charge is 0.145 e. The van der Waals surface area contributed by atoms with Crippen molar-refractivity contribution in [2.45, 2.75) is 6.92 Å². The van der Waals surface area contributed by atoms with E-state index in [0.29, 0.717) is 6.61 Å². The van der Waals surface area contributed by atoms with Gasteiger partial charge in [-0.15, -0.1) is 0 Å². The Labute approximate surface area is 101 Å². The molecule has 2 rings (SSSR count). The molecule has 0 atom stereocenters. The van der Waals surface area contributed by atoms with Gasteiger partial charge in [0.25, 0.3) is 0 Å². The van der Waals surface area contributed by atoms with Gasteiger partial charge in [-0.25, -0.2) is 0 Å². The highest BCUT2D eigenvalue weighted by atomic mass is 16.5. The molecule has 0 aliphatic rings. The minimum Gasteiger partial charge on any atom is -0.494 e. The number of rotatable bonds is 4. The normalized spacial score (nSPS) is 10.0. The van der Waals surface area contributed by atoms with Gasteiger partial charge in [-0.1, -0.05) is 18.2 Å². The second kappa shape index (κ2) is 5.34. The van der Waals surface area contributed by atoms with Crippen molar-refractivity contribution in [1.82, 2.24) is 4.98 Å². The van der Waals surface area contributed by atoms with Gasteiger partial charge in [-0.05, 0) is 19.1 Å². The number of nitrogens with zero attached hydrogens (tertiary/aromatic N) is 1. The van der Waals surface area contributed by atoms with Crippen LogP contribution < -0.4 is 9.47 Å². The molecular formula is C14H15NO2. The van der Waals surface area contributed by atoms with Gasteiger partial charge in [0, 0.05) is 17.3 Å². The first-order chi connectivity index (χ1) is 8.36. The summed E-state index contributed by atoms with van der Waals surface area (Å²) in [5.41, 5.74) is 2.01. The van der Waals surface area contributed by atoms with Gasteiger partial charge in [-0.3, -0.25) is 4.98 Å². The maximum Gasteiger partial charge on any atom is 0.145 e. The van der Waals surface area contributed by atoms with Crippen LogP contribution in [0.2, 0.25) is 0 Å². The topological polar surface area (TPSA) is 31.4 Å². The molecule has 1 heterocycles. The van der Waals surface area contributed by atoms with E-state index in [0.717, 1.165) is 22.6 Å². The Morgan fingerprint density at radius 2 is 1.82 bits per heavy atom. The summed E-state index contributed by atoms with van der Waals surface area (Å²) in [4.78, 5) is 4.05. The Hall–Kier alpha value is -2.03. The summed E-state index contributed by atoms with van der Waals surface area (Å²) in [5, 5.41) is 0. The van der Waals surface area contributed by atoms with Gasteiger partial charge in [0.15, 0.2) is 0 Å². The van der Waals surface area contributed by atoms with Crippen molar-refractivity contribution >= 4 is 0 Å². The zero-order valence-corrected chi connectivity index (χ0v) is 10.0. The first-order valence-corrected chi connectivity index (χ1v) is 5.57. The Balaban J connectivity index is 2.52. The van der Waals surface area contributed by atoms with Gasteiger partial charge < -0.3 is 9.47 Å². The molecule has 1 aromatic carbocycles. The van der Waals surface area contributed by atoms with Crippen LogP contribution in [0.3, 0.4) is 0 Å². The predicted octanol–water partition coefficient (Wildman–Crippen LogP) is 3.16. The van der Waals surface area contributed by atoms with Crippen molar-refractivity contribution in [2.75, 3.05) is 13.7 Å². The third-order valence-corrected chi connectivity index (χ3v) is 2.48. The average molecular weight is 229 g/mol. The lowest BCUT2D eigenvalue weighted by molar-refractivity contribution is 0.341. The lowest BCUT2D eigenvalue weighted by atomic mass is 10.1. The molecule has 0 fully saturated rings. The lowest BCUT2D eigenvalue weighted by Gasteiger charge is -2.12. The molecule has 2 aromatic rings. The molecule has 0 aliphatic heterocycles. The van der Waals surface area contributed by atoms with Crippen LogP contribution in [0.4, 0.5) is 0 Å². The summed E-state index contributed by atoms with van der Waals surface area (Å²) < 4.78 is 10.9. The SMILES string of the molecule is CCOc1ccccc1-c1ccncc1OC. The van der Waals surface area contributed by atoms with Gasteiger partial charge in [0.1, 0.15) is 11.5 Å². The number of hydrogen-bond donors (Lipinski definition) is 0. The highest BCUT2D eigenvalue weighted by molar-refractivity contribution is 5.75. The number of aromatic nitrogens is 1. The Kier molecular flexibility index (Phi) is 3.60. The predicted molar refractivity (Wildman–Crippen MR) is 67.4 cm³/mol. The summed E-state index contributed by atoms with van der Waals surface area (Å²) in [6.07, 6.45) is 3.46. The molecule has 3 nitrogen and oxygen atoms in total. The van der Waals surface area contributed by atoms with Crippen LogP contribution in [0.25, 0.3) is 11.1 Å². The molecular weight excluding hydrogens is 214 g/mol. The molecule has 0 saturated heterocycles. The third kappa shape index (κ3) is 2.38. The molecule has 0 unspecified atom stereocenters. The molecule has 0 radical (unpaired) electrons. The average Bonchev–Trinajstić information content (AvgIpc) is 2.40. The second-order valence-electron chi connectivity index (χ2n) is 3.51. The zero-order chi connectivity index (χ0) is 12.1. The fourth-order valence-electron chi connectivity index (χ4n) is 1.74. The first kappa shape index (κ1) is 11.5. The number of ether oxygens (including phenoxy) is 2.